The molecule has 0 aliphatic heterocycles. The Labute approximate surface area is 110 Å². The summed E-state index contributed by atoms with van der Waals surface area (Å²) >= 11 is 0. The van der Waals surface area contributed by atoms with Crippen molar-refractivity contribution in [3.8, 4) is 0 Å². The van der Waals surface area contributed by atoms with Crippen LogP contribution in [0.5, 0.6) is 0 Å². The normalized spacial score (nSPS) is 44.2. The third-order valence-corrected chi connectivity index (χ3v) is 5.67. The fraction of sp³-hybridized carbons (Fsp3) is 0.750. The van der Waals surface area contributed by atoms with Gasteiger partial charge in [0, 0.05) is 11.8 Å². The lowest BCUT2D eigenvalue weighted by molar-refractivity contribution is -0.131. The smallest absolute Gasteiger partial charge is 0.126 e. The highest BCUT2D eigenvalue weighted by Crippen LogP contribution is 2.60. The first-order valence-electron chi connectivity index (χ1n) is 7.05. The summed E-state index contributed by atoms with van der Waals surface area (Å²) in [5.74, 6) is 0.681. The van der Waals surface area contributed by atoms with E-state index in [1.165, 1.54) is 11.9 Å². The van der Waals surface area contributed by atoms with Crippen LogP contribution in [0.15, 0.2) is 12.2 Å². The molecule has 100 valence electrons. The number of rotatable bonds is 3. The summed E-state index contributed by atoms with van der Waals surface area (Å²) in [7, 11) is 0. The minimum atomic E-state index is -0.200. The topological polar surface area (TPSA) is 34.1 Å². The summed E-state index contributed by atoms with van der Waals surface area (Å²) in [4.78, 5) is 22.5. The molecule has 2 nitrogen and oxygen atoms in total. The van der Waals surface area contributed by atoms with Crippen LogP contribution in [0, 0.1) is 22.7 Å². The van der Waals surface area contributed by atoms with Gasteiger partial charge in [-0.2, -0.15) is 0 Å². The molecule has 0 aromatic rings. The van der Waals surface area contributed by atoms with Crippen LogP contribution in [-0.2, 0) is 9.59 Å². The minimum Gasteiger partial charge on any atom is -0.303 e. The molecule has 0 spiro atoms. The molecule has 2 rings (SSSR count). The average molecular weight is 248 g/mol. The van der Waals surface area contributed by atoms with Gasteiger partial charge < -0.3 is 9.59 Å². The molecule has 0 N–H and O–H groups in total. The zero-order valence-corrected chi connectivity index (χ0v) is 11.6. The van der Waals surface area contributed by atoms with Crippen molar-refractivity contribution in [2.75, 3.05) is 0 Å². The van der Waals surface area contributed by atoms with Crippen LogP contribution in [0.25, 0.3) is 0 Å². The molecule has 2 aliphatic carbocycles. The predicted octanol–water partition coefficient (Wildman–Crippen LogP) is 3.55. The van der Waals surface area contributed by atoms with Gasteiger partial charge in [-0.15, -0.1) is 0 Å². The Morgan fingerprint density at radius 3 is 2.67 bits per heavy atom. The van der Waals surface area contributed by atoms with Gasteiger partial charge in [0.1, 0.15) is 12.6 Å². The van der Waals surface area contributed by atoms with E-state index < -0.39 is 0 Å². The molecule has 2 aliphatic rings. The fourth-order valence-corrected chi connectivity index (χ4v) is 4.67. The number of aldehydes is 2. The number of hydrogen-bond donors (Lipinski definition) is 0. The van der Waals surface area contributed by atoms with Crippen LogP contribution in [-0.4, -0.2) is 12.6 Å². The highest BCUT2D eigenvalue weighted by molar-refractivity contribution is 5.60. The molecular formula is C16H24O2. The van der Waals surface area contributed by atoms with Crippen molar-refractivity contribution < 1.29 is 9.59 Å². The monoisotopic (exact) mass is 248 g/mol. The maximum Gasteiger partial charge on any atom is 0.126 e. The number of fused-ring (bicyclic) bond motifs is 1. The molecular weight excluding hydrogens is 224 g/mol. The van der Waals surface area contributed by atoms with Crippen molar-refractivity contribution in [2.45, 2.75) is 52.4 Å². The third-order valence-electron chi connectivity index (χ3n) is 5.67. The van der Waals surface area contributed by atoms with E-state index in [0.717, 1.165) is 38.4 Å². The number of hydrogen-bond acceptors (Lipinski definition) is 2. The molecule has 0 saturated heterocycles. The first-order chi connectivity index (χ1) is 8.48. The van der Waals surface area contributed by atoms with E-state index in [9.17, 15) is 9.59 Å². The zero-order chi connectivity index (χ0) is 13.4. The summed E-state index contributed by atoms with van der Waals surface area (Å²) in [6.07, 6.45) is 8.00. The Morgan fingerprint density at radius 1 is 1.33 bits per heavy atom. The van der Waals surface area contributed by atoms with Gasteiger partial charge in [-0.25, -0.2) is 0 Å². The second-order valence-electron chi connectivity index (χ2n) is 6.69. The lowest BCUT2D eigenvalue weighted by Gasteiger charge is -2.57. The Morgan fingerprint density at radius 2 is 2.06 bits per heavy atom. The molecule has 0 amide bonds. The van der Waals surface area contributed by atoms with E-state index in [-0.39, 0.29) is 16.7 Å². The fourth-order valence-electron chi connectivity index (χ4n) is 4.67. The van der Waals surface area contributed by atoms with E-state index in [2.05, 4.69) is 20.4 Å². The summed E-state index contributed by atoms with van der Waals surface area (Å²) in [6, 6.07) is 0. The van der Waals surface area contributed by atoms with Crippen molar-refractivity contribution >= 4 is 12.6 Å². The lowest BCUT2D eigenvalue weighted by atomic mass is 9.47. The third kappa shape index (κ3) is 1.86. The Hall–Kier alpha value is -0.920. The summed E-state index contributed by atoms with van der Waals surface area (Å²) in [5.41, 5.74) is 1.11. The molecule has 0 bridgehead atoms. The first-order valence-corrected chi connectivity index (χ1v) is 7.05. The SMILES string of the molecule is C=C1CC[C@@H]2[C@](C)(CCC[C@]2(C)C=O)[C@H]1CC=O. The number of carbonyl (C=O) groups is 2. The maximum atomic E-state index is 11.5. The van der Waals surface area contributed by atoms with Crippen LogP contribution >= 0.6 is 0 Å². The second-order valence-corrected chi connectivity index (χ2v) is 6.69. The first kappa shape index (κ1) is 13.5. The van der Waals surface area contributed by atoms with E-state index in [1.54, 1.807) is 0 Å². The van der Waals surface area contributed by atoms with Crippen LogP contribution in [0.1, 0.15) is 52.4 Å². The van der Waals surface area contributed by atoms with Gasteiger partial charge in [-0.3, -0.25) is 0 Å². The van der Waals surface area contributed by atoms with Crippen molar-refractivity contribution in [3.05, 3.63) is 12.2 Å². The lowest BCUT2D eigenvalue weighted by Crippen LogP contribution is -2.51. The average Bonchev–Trinajstić information content (AvgIpc) is 2.34. The van der Waals surface area contributed by atoms with Gasteiger partial charge in [0.05, 0.1) is 0 Å². The quantitative estimate of drug-likeness (QED) is 0.565. The van der Waals surface area contributed by atoms with Crippen LogP contribution in [0.4, 0.5) is 0 Å². The highest BCUT2D eigenvalue weighted by Gasteiger charge is 2.54. The number of carbonyl (C=O) groups excluding carboxylic acids is 2. The van der Waals surface area contributed by atoms with Crippen molar-refractivity contribution in [2.24, 2.45) is 22.7 Å². The van der Waals surface area contributed by atoms with Crippen molar-refractivity contribution in [3.63, 3.8) is 0 Å². The van der Waals surface area contributed by atoms with Gasteiger partial charge in [0.25, 0.3) is 0 Å². The molecule has 0 aromatic heterocycles. The molecule has 0 aromatic carbocycles. The molecule has 18 heavy (non-hydrogen) atoms. The van der Waals surface area contributed by atoms with Gasteiger partial charge in [-0.1, -0.05) is 32.4 Å². The number of allylic oxidation sites excluding steroid dienone is 1. The second kappa shape index (κ2) is 4.64. The van der Waals surface area contributed by atoms with Crippen LogP contribution in [0.3, 0.4) is 0 Å². The van der Waals surface area contributed by atoms with Gasteiger partial charge >= 0.3 is 0 Å². The maximum absolute atomic E-state index is 11.5. The van der Waals surface area contributed by atoms with E-state index in [4.69, 9.17) is 0 Å². The van der Waals surface area contributed by atoms with E-state index >= 15 is 0 Å². The molecule has 0 unspecified atom stereocenters. The van der Waals surface area contributed by atoms with Crippen LogP contribution in [0.2, 0.25) is 0 Å². The molecule has 2 fully saturated rings. The summed E-state index contributed by atoms with van der Waals surface area (Å²) < 4.78 is 0. The summed E-state index contributed by atoms with van der Waals surface area (Å²) in [6.45, 7) is 8.56. The van der Waals surface area contributed by atoms with E-state index in [0.29, 0.717) is 12.3 Å². The highest BCUT2D eigenvalue weighted by atomic mass is 16.1. The Bertz CT molecular complexity index is 373. The largest absolute Gasteiger partial charge is 0.303 e. The predicted molar refractivity (Wildman–Crippen MR) is 72.2 cm³/mol. The molecule has 2 saturated carbocycles. The molecule has 0 radical (unpaired) electrons. The minimum absolute atomic E-state index is 0.0875. The van der Waals surface area contributed by atoms with Gasteiger partial charge in [0.2, 0.25) is 0 Å². The van der Waals surface area contributed by atoms with Crippen molar-refractivity contribution in [1.82, 2.24) is 0 Å². The molecule has 4 atom stereocenters. The standard InChI is InChI=1S/C16H24O2/c1-12-5-6-14-15(2,11-18)8-4-9-16(14,3)13(12)7-10-17/h10-11,13-14H,1,4-9H2,2-3H3/t13-,14-,15+,16+/m0/s1. The van der Waals surface area contributed by atoms with Crippen molar-refractivity contribution in [1.29, 1.82) is 0 Å². The summed E-state index contributed by atoms with van der Waals surface area (Å²) in [5, 5.41) is 0. The molecule has 0 heterocycles. The Balaban J connectivity index is 2.38. The zero-order valence-electron chi connectivity index (χ0n) is 11.6. The van der Waals surface area contributed by atoms with E-state index in [1.807, 2.05) is 0 Å². The molecule has 2 heteroatoms. The van der Waals surface area contributed by atoms with Gasteiger partial charge in [0.15, 0.2) is 0 Å². The van der Waals surface area contributed by atoms with Gasteiger partial charge in [-0.05, 0) is 42.9 Å². The van der Waals surface area contributed by atoms with Crippen LogP contribution < -0.4 is 0 Å². The Kier molecular flexibility index (Phi) is 3.48.